The van der Waals surface area contributed by atoms with E-state index >= 15 is 0 Å². The molecule has 10 atom stereocenters. The zero-order chi connectivity index (χ0) is 36.3. The molecule has 0 aromatic rings. The van der Waals surface area contributed by atoms with Gasteiger partial charge in [-0.15, -0.1) is 0 Å². The molecular weight excluding hydrogens is 620 g/mol. The third kappa shape index (κ3) is 6.22. The van der Waals surface area contributed by atoms with Crippen molar-refractivity contribution in [3.8, 4) is 0 Å². The van der Waals surface area contributed by atoms with Gasteiger partial charge in [0.2, 0.25) is 0 Å². The van der Waals surface area contributed by atoms with Gasteiger partial charge in [0, 0.05) is 11.8 Å². The summed E-state index contributed by atoms with van der Waals surface area (Å²) in [6, 6.07) is 0. The van der Waals surface area contributed by atoms with E-state index in [2.05, 4.69) is 54.2 Å². The van der Waals surface area contributed by atoms with Crippen molar-refractivity contribution in [3.63, 3.8) is 0 Å². The maximum Gasteiger partial charge on any atom is 0.309 e. The lowest BCUT2D eigenvalue weighted by Gasteiger charge is -2.73. The number of hydrogen-bond donors (Lipinski definition) is 1. The Kier molecular flexibility index (Phi) is 10.3. The van der Waals surface area contributed by atoms with Crippen molar-refractivity contribution in [2.45, 2.75) is 177 Å². The van der Waals surface area contributed by atoms with E-state index in [0.29, 0.717) is 34.5 Å². The van der Waals surface area contributed by atoms with Gasteiger partial charge in [-0.3, -0.25) is 9.59 Å². The van der Waals surface area contributed by atoms with Crippen LogP contribution >= 0.6 is 0 Å². The summed E-state index contributed by atoms with van der Waals surface area (Å²) in [4.78, 5) is 24.8. The van der Waals surface area contributed by atoms with Crippen LogP contribution < -0.4 is 0 Å². The number of ether oxygens (including phenoxy) is 2. The van der Waals surface area contributed by atoms with Crippen LogP contribution in [0.4, 0.5) is 0 Å². The van der Waals surface area contributed by atoms with Gasteiger partial charge in [0.15, 0.2) is 0 Å². The second kappa shape index (κ2) is 13.6. The van der Waals surface area contributed by atoms with Gasteiger partial charge in [0.05, 0.1) is 24.2 Å². The molecule has 6 aliphatic rings. The lowest BCUT2D eigenvalue weighted by Crippen LogP contribution is -2.66. The summed E-state index contributed by atoms with van der Waals surface area (Å²) in [5, 5.41) is 9.61. The van der Waals surface area contributed by atoms with E-state index in [1.807, 2.05) is 0 Å². The highest BCUT2D eigenvalue weighted by molar-refractivity contribution is 5.81. The van der Waals surface area contributed by atoms with Crippen LogP contribution in [0.1, 0.15) is 171 Å². The Balaban J connectivity index is 1.21. The average molecular weight is 693 g/mol. The average Bonchev–Trinajstić information content (AvgIpc) is 3.40. The van der Waals surface area contributed by atoms with Crippen LogP contribution in [-0.2, 0) is 19.1 Å². The summed E-state index contributed by atoms with van der Waals surface area (Å²) >= 11 is 0. The van der Waals surface area contributed by atoms with Gasteiger partial charge < -0.3 is 14.6 Å². The van der Waals surface area contributed by atoms with Gasteiger partial charge in [-0.1, -0.05) is 59.6 Å². The number of esters is 1. The highest BCUT2D eigenvalue weighted by Crippen LogP contribution is 2.78. The van der Waals surface area contributed by atoms with Crippen LogP contribution in [-0.4, -0.2) is 29.8 Å². The van der Waals surface area contributed by atoms with E-state index < -0.39 is 11.4 Å². The molecule has 5 saturated carbocycles. The van der Waals surface area contributed by atoms with Gasteiger partial charge in [-0.05, 0) is 168 Å². The Hall–Kier alpha value is -1.78. The second-order valence-corrected chi connectivity index (χ2v) is 20.5. The first-order chi connectivity index (χ1) is 23.4. The molecule has 1 N–H and O–H groups in total. The Morgan fingerprint density at radius 3 is 2.34 bits per heavy atom. The summed E-state index contributed by atoms with van der Waals surface area (Å²) in [6.07, 6.45) is 23.2. The van der Waals surface area contributed by atoms with Crippen molar-refractivity contribution in [2.75, 3.05) is 6.61 Å². The van der Waals surface area contributed by atoms with Crippen LogP contribution in [0, 0.1) is 62.1 Å². The van der Waals surface area contributed by atoms with Crippen molar-refractivity contribution in [2.24, 2.45) is 62.1 Å². The smallest absolute Gasteiger partial charge is 0.309 e. The summed E-state index contributed by atoms with van der Waals surface area (Å²) in [7, 11) is 0. The number of carboxylic acid groups (broad SMARTS) is 1. The Bertz CT molecular complexity index is 1340. The molecule has 5 nitrogen and oxygen atoms in total. The third-order valence-corrected chi connectivity index (χ3v) is 17.3. The summed E-state index contributed by atoms with van der Waals surface area (Å²) in [5.41, 5.74) is 1.29. The van der Waals surface area contributed by atoms with Crippen molar-refractivity contribution in [1.82, 2.24) is 0 Å². The van der Waals surface area contributed by atoms with Gasteiger partial charge in [0.25, 0.3) is 0 Å². The molecule has 0 aromatic carbocycles. The van der Waals surface area contributed by atoms with Gasteiger partial charge in [-0.2, -0.15) is 0 Å². The molecule has 0 aromatic heterocycles. The maximum absolute atomic E-state index is 13.1. The molecule has 0 aliphatic heterocycles. The van der Waals surface area contributed by atoms with Crippen molar-refractivity contribution >= 4 is 11.9 Å². The minimum Gasteiger partial charge on any atom is -0.498 e. The number of carboxylic acids is 1. The van der Waals surface area contributed by atoms with Crippen LogP contribution in [0.3, 0.4) is 0 Å². The number of carbonyl (C=O) groups is 2. The molecule has 282 valence electrons. The fraction of sp³-hybridized carbons (Fsp3) is 0.867. The molecular formula is C45H72O5. The quantitative estimate of drug-likeness (QED) is 0.192. The van der Waals surface area contributed by atoms with Gasteiger partial charge in [0.1, 0.15) is 6.10 Å². The number of fused-ring (bicyclic) bond motifs is 7. The first-order valence-electron chi connectivity index (χ1n) is 20.8. The van der Waals surface area contributed by atoms with Gasteiger partial charge in [-0.25, -0.2) is 0 Å². The number of rotatable bonds is 9. The second-order valence-electron chi connectivity index (χ2n) is 20.5. The van der Waals surface area contributed by atoms with E-state index in [0.717, 1.165) is 31.8 Å². The monoisotopic (exact) mass is 693 g/mol. The highest BCUT2D eigenvalue weighted by atomic mass is 16.5. The zero-order valence-corrected chi connectivity index (χ0v) is 33.3. The lowest BCUT2D eigenvalue weighted by atomic mass is 9.32. The van der Waals surface area contributed by atoms with Crippen LogP contribution in [0.2, 0.25) is 0 Å². The van der Waals surface area contributed by atoms with E-state index in [9.17, 15) is 14.7 Å². The highest BCUT2D eigenvalue weighted by Gasteiger charge is 2.71. The minimum atomic E-state index is -1.12. The Labute approximate surface area is 305 Å². The van der Waals surface area contributed by atoms with Crippen LogP contribution in [0.5, 0.6) is 0 Å². The molecule has 0 unspecified atom stereocenters. The maximum atomic E-state index is 13.1. The Morgan fingerprint density at radius 1 is 0.880 bits per heavy atom. The lowest BCUT2D eigenvalue weighted by molar-refractivity contribution is -0.251. The van der Waals surface area contributed by atoms with E-state index in [1.165, 1.54) is 101 Å². The number of allylic oxidation sites excluding steroid dienone is 3. The van der Waals surface area contributed by atoms with Crippen LogP contribution in [0.15, 0.2) is 24.0 Å². The summed E-state index contributed by atoms with van der Waals surface area (Å²) in [5.74, 6) is 3.14. The molecule has 6 rings (SSSR count). The summed E-state index contributed by atoms with van der Waals surface area (Å²) in [6.45, 7) is 23.8. The van der Waals surface area contributed by atoms with Crippen molar-refractivity contribution in [3.05, 3.63) is 24.0 Å². The first kappa shape index (κ1) is 38.0. The minimum absolute atomic E-state index is 0.0882. The molecule has 0 amide bonds. The topological polar surface area (TPSA) is 72.8 Å². The van der Waals surface area contributed by atoms with E-state index in [1.54, 1.807) is 13.8 Å². The molecule has 0 radical (unpaired) electrons. The molecule has 0 heterocycles. The predicted molar refractivity (Wildman–Crippen MR) is 201 cm³/mol. The summed E-state index contributed by atoms with van der Waals surface area (Å²) < 4.78 is 12.8. The van der Waals surface area contributed by atoms with E-state index in [-0.39, 0.29) is 34.7 Å². The number of aliphatic carboxylic acids is 1. The standard InChI is InChI=1S/C45H72O5/c1-30(2)32-19-24-45(27-28-49-31-15-13-11-10-12-14-16-31)26-25-43(8)33(38(32)45)17-18-35-42(7)22-21-36(50-37(46)29-40(3,4)39(47)48)41(5,6)34(42)20-23-44(35,43)9/h15,32-36,38H,1,10-14,16-29H2,2-9H3,(H,47,48)/t32-,33+,34-,35+,36-,38+,42-,43+,44+,45+/m0/s1. The third-order valence-electron chi connectivity index (χ3n) is 17.3. The molecule has 50 heavy (non-hydrogen) atoms. The largest absolute Gasteiger partial charge is 0.498 e. The molecule has 0 bridgehead atoms. The van der Waals surface area contributed by atoms with Crippen molar-refractivity contribution in [1.29, 1.82) is 0 Å². The van der Waals surface area contributed by atoms with Gasteiger partial charge >= 0.3 is 11.9 Å². The fourth-order valence-corrected chi connectivity index (χ4v) is 14.2. The molecule has 6 aliphatic carbocycles. The number of hydrogen-bond acceptors (Lipinski definition) is 4. The fourth-order valence-electron chi connectivity index (χ4n) is 14.2. The molecule has 5 fully saturated rings. The SMILES string of the molecule is C=C(C)[C@@H]1CC[C@]2(CCOC3=CCCCCCC3)CC[C@]3(C)[C@H](CC[C@@H]4[C@@]5(C)CC[C@H](OC(=O)CC(C)(C)C(=O)O)C(C)(C)[C@@H]5CC[C@]43C)[C@@H]12. The predicted octanol–water partition coefficient (Wildman–Crippen LogP) is 11.7. The molecule has 0 saturated heterocycles. The molecule has 0 spiro atoms. The zero-order valence-electron chi connectivity index (χ0n) is 33.3. The van der Waals surface area contributed by atoms with Crippen LogP contribution in [0.25, 0.3) is 0 Å². The molecule has 5 heteroatoms. The Morgan fingerprint density at radius 2 is 1.62 bits per heavy atom. The van der Waals surface area contributed by atoms with Crippen molar-refractivity contribution < 1.29 is 24.2 Å². The van der Waals surface area contributed by atoms with E-state index in [4.69, 9.17) is 9.47 Å². The normalized spacial score (nSPS) is 42.7. The number of carbonyl (C=O) groups excluding carboxylic acids is 1. The first-order valence-corrected chi connectivity index (χ1v) is 20.8.